The molecule has 1 atom stereocenters. The van der Waals surface area contributed by atoms with Crippen LogP contribution >= 0.6 is 0 Å². The van der Waals surface area contributed by atoms with Crippen LogP contribution in [0, 0.1) is 11.3 Å². The molecular formula is C15H20N4O. The molecule has 2 heterocycles. The number of carbonyl (C=O) groups is 1. The van der Waals surface area contributed by atoms with Crippen molar-refractivity contribution in [1.82, 2.24) is 14.9 Å². The van der Waals surface area contributed by atoms with Gasteiger partial charge in [0.1, 0.15) is 0 Å². The molecule has 1 aliphatic heterocycles. The minimum absolute atomic E-state index is 0.342. The van der Waals surface area contributed by atoms with Gasteiger partial charge in [0.15, 0.2) is 0 Å². The van der Waals surface area contributed by atoms with Crippen LogP contribution in [0.3, 0.4) is 0 Å². The Morgan fingerprint density at radius 3 is 2.70 bits per heavy atom. The second-order valence-corrected chi connectivity index (χ2v) is 6.56. The van der Waals surface area contributed by atoms with E-state index in [2.05, 4.69) is 14.9 Å². The first kappa shape index (κ1) is 12.1. The van der Waals surface area contributed by atoms with Crippen molar-refractivity contribution in [2.45, 2.75) is 38.0 Å². The first-order valence-electron chi connectivity index (χ1n) is 7.55. The molecule has 2 saturated carbocycles. The van der Waals surface area contributed by atoms with Crippen LogP contribution in [-0.2, 0) is 4.79 Å². The molecule has 0 radical (unpaired) electrons. The van der Waals surface area contributed by atoms with Crippen molar-refractivity contribution in [2.24, 2.45) is 11.3 Å². The normalized spacial score (nSPS) is 27.6. The first-order chi connectivity index (χ1) is 9.68. The van der Waals surface area contributed by atoms with Crippen LogP contribution in [-0.4, -0.2) is 33.9 Å². The van der Waals surface area contributed by atoms with Gasteiger partial charge in [-0.1, -0.05) is 0 Å². The second-order valence-electron chi connectivity index (χ2n) is 6.56. The molecule has 106 valence electrons. The molecule has 5 nitrogen and oxygen atoms in total. The highest BCUT2D eigenvalue weighted by molar-refractivity contribution is 5.83. The molecule has 1 spiro atoms. The van der Waals surface area contributed by atoms with Gasteiger partial charge in [-0.25, -0.2) is 9.97 Å². The number of carbonyl (C=O) groups excluding carboxylic acids is 1. The Hall–Kier alpha value is -1.65. The van der Waals surface area contributed by atoms with Crippen LogP contribution in [0.4, 0.5) is 5.95 Å². The van der Waals surface area contributed by atoms with E-state index in [4.69, 9.17) is 5.73 Å². The molecule has 0 unspecified atom stereocenters. The third-order valence-electron chi connectivity index (χ3n) is 5.30. The quantitative estimate of drug-likeness (QED) is 0.887. The van der Waals surface area contributed by atoms with Gasteiger partial charge in [-0.05, 0) is 43.6 Å². The number of anilines is 1. The smallest absolute Gasteiger partial charge is 0.226 e. The Balaban J connectivity index is 1.37. The molecule has 0 bridgehead atoms. The van der Waals surface area contributed by atoms with Gasteiger partial charge in [-0.15, -0.1) is 0 Å². The van der Waals surface area contributed by atoms with E-state index in [1.807, 2.05) is 6.07 Å². The van der Waals surface area contributed by atoms with Gasteiger partial charge in [0.2, 0.25) is 11.9 Å². The summed E-state index contributed by atoms with van der Waals surface area (Å²) < 4.78 is 0. The van der Waals surface area contributed by atoms with Gasteiger partial charge in [0.25, 0.3) is 0 Å². The largest absolute Gasteiger partial charge is 0.368 e. The average molecular weight is 272 g/mol. The van der Waals surface area contributed by atoms with E-state index in [-0.39, 0.29) is 0 Å². The Morgan fingerprint density at radius 1 is 1.35 bits per heavy atom. The van der Waals surface area contributed by atoms with Crippen LogP contribution in [0.15, 0.2) is 12.3 Å². The number of amides is 1. The Kier molecular flexibility index (Phi) is 2.53. The molecule has 1 saturated heterocycles. The SMILES string of the molecule is Nc1nccc(C2CCN(C(=O)[C@@H]3CC34CC4)CC2)n1. The van der Waals surface area contributed by atoms with Crippen LogP contribution in [0.1, 0.15) is 43.7 Å². The summed E-state index contributed by atoms with van der Waals surface area (Å²) in [6, 6.07) is 1.94. The summed E-state index contributed by atoms with van der Waals surface area (Å²) in [5.41, 5.74) is 7.13. The molecule has 3 aliphatic rings. The van der Waals surface area contributed by atoms with Crippen molar-refractivity contribution in [3.8, 4) is 0 Å². The predicted molar refractivity (Wildman–Crippen MR) is 74.8 cm³/mol. The molecule has 1 aromatic rings. The molecule has 4 rings (SSSR count). The lowest BCUT2D eigenvalue weighted by molar-refractivity contribution is -0.134. The Bertz CT molecular complexity index is 547. The van der Waals surface area contributed by atoms with Crippen LogP contribution in [0.5, 0.6) is 0 Å². The standard InChI is InChI=1S/C15H20N4O/c16-14-17-6-1-12(18-14)10-2-7-19(8-3-10)13(20)11-9-15(11)4-5-15/h1,6,10-11H,2-5,7-9H2,(H2,16,17,18)/t11-/m0/s1. The Morgan fingerprint density at radius 2 is 2.10 bits per heavy atom. The number of nitrogens with two attached hydrogens (primary N) is 1. The fraction of sp³-hybridized carbons (Fsp3) is 0.667. The maximum atomic E-state index is 12.4. The molecule has 3 fully saturated rings. The molecule has 20 heavy (non-hydrogen) atoms. The lowest BCUT2D eigenvalue weighted by Gasteiger charge is -2.32. The van der Waals surface area contributed by atoms with E-state index < -0.39 is 0 Å². The van der Waals surface area contributed by atoms with Crippen LogP contribution < -0.4 is 5.73 Å². The monoisotopic (exact) mass is 272 g/mol. The molecule has 2 N–H and O–H groups in total. The zero-order valence-corrected chi connectivity index (χ0v) is 11.6. The van der Waals surface area contributed by atoms with E-state index in [9.17, 15) is 4.79 Å². The first-order valence-corrected chi connectivity index (χ1v) is 7.55. The van der Waals surface area contributed by atoms with Gasteiger partial charge in [-0.2, -0.15) is 0 Å². The summed E-state index contributed by atoms with van der Waals surface area (Å²) in [4.78, 5) is 22.7. The second kappa shape index (κ2) is 4.17. The van der Waals surface area contributed by atoms with Crippen molar-refractivity contribution < 1.29 is 4.79 Å². The topological polar surface area (TPSA) is 72.1 Å². The average Bonchev–Trinajstić information content (AvgIpc) is 3.39. The van der Waals surface area contributed by atoms with Crippen molar-refractivity contribution in [2.75, 3.05) is 18.8 Å². The molecule has 5 heteroatoms. The van der Waals surface area contributed by atoms with Crippen LogP contribution in [0.25, 0.3) is 0 Å². The highest BCUT2D eigenvalue weighted by atomic mass is 16.2. The Labute approximate surface area is 118 Å². The van der Waals surface area contributed by atoms with Crippen molar-refractivity contribution >= 4 is 11.9 Å². The van der Waals surface area contributed by atoms with Crippen molar-refractivity contribution in [3.05, 3.63) is 18.0 Å². The third-order valence-corrected chi connectivity index (χ3v) is 5.30. The van der Waals surface area contributed by atoms with E-state index in [1.54, 1.807) is 6.20 Å². The number of hydrogen-bond acceptors (Lipinski definition) is 4. The number of aromatic nitrogens is 2. The summed E-state index contributed by atoms with van der Waals surface area (Å²) in [5.74, 6) is 1.52. The maximum Gasteiger partial charge on any atom is 0.226 e. The number of rotatable bonds is 2. The van der Waals surface area contributed by atoms with Gasteiger partial charge >= 0.3 is 0 Å². The number of hydrogen-bond donors (Lipinski definition) is 1. The molecule has 0 aromatic carbocycles. The zero-order chi connectivity index (χ0) is 13.7. The van der Waals surface area contributed by atoms with Crippen LogP contribution in [0.2, 0.25) is 0 Å². The number of nitrogen functional groups attached to an aromatic ring is 1. The molecule has 2 aliphatic carbocycles. The minimum Gasteiger partial charge on any atom is -0.368 e. The van der Waals surface area contributed by atoms with Gasteiger partial charge in [0.05, 0.1) is 0 Å². The van der Waals surface area contributed by atoms with Crippen molar-refractivity contribution in [1.29, 1.82) is 0 Å². The van der Waals surface area contributed by atoms with Crippen molar-refractivity contribution in [3.63, 3.8) is 0 Å². The lowest BCUT2D eigenvalue weighted by Crippen LogP contribution is -2.39. The van der Waals surface area contributed by atoms with Gasteiger partial charge < -0.3 is 10.6 Å². The lowest BCUT2D eigenvalue weighted by atomic mass is 9.93. The zero-order valence-electron chi connectivity index (χ0n) is 11.6. The molecule has 1 aromatic heterocycles. The highest BCUT2D eigenvalue weighted by Crippen LogP contribution is 2.71. The van der Waals surface area contributed by atoms with Gasteiger partial charge in [0, 0.05) is 36.8 Å². The molecular weight excluding hydrogens is 252 g/mol. The summed E-state index contributed by atoms with van der Waals surface area (Å²) in [6.45, 7) is 1.72. The van der Waals surface area contributed by atoms with Gasteiger partial charge in [-0.3, -0.25) is 4.79 Å². The summed E-state index contributed by atoms with van der Waals surface area (Å²) in [6.07, 6.45) is 7.40. The van der Waals surface area contributed by atoms with E-state index in [0.29, 0.717) is 29.1 Å². The van der Waals surface area contributed by atoms with E-state index in [1.165, 1.54) is 12.8 Å². The summed E-state index contributed by atoms with van der Waals surface area (Å²) >= 11 is 0. The number of nitrogens with zero attached hydrogens (tertiary/aromatic N) is 3. The molecule has 1 amide bonds. The van der Waals surface area contributed by atoms with E-state index in [0.717, 1.165) is 38.0 Å². The minimum atomic E-state index is 0.342. The predicted octanol–water partition coefficient (Wildman–Crippen LogP) is 1.56. The fourth-order valence-electron chi connectivity index (χ4n) is 3.64. The third kappa shape index (κ3) is 1.96. The maximum absolute atomic E-state index is 12.4. The number of piperidine rings is 1. The van der Waals surface area contributed by atoms with E-state index >= 15 is 0 Å². The highest BCUT2D eigenvalue weighted by Gasteiger charge is 2.66. The summed E-state index contributed by atoms with van der Waals surface area (Å²) in [7, 11) is 0. The number of likely N-dealkylation sites (tertiary alicyclic amines) is 1. The summed E-state index contributed by atoms with van der Waals surface area (Å²) in [5, 5.41) is 0. The fourth-order valence-corrected chi connectivity index (χ4v) is 3.64.